The highest BCUT2D eigenvalue weighted by atomic mass is 79.9. The molecular formula is C11H12BrNO3. The van der Waals surface area contributed by atoms with Crippen molar-refractivity contribution in [3.63, 3.8) is 0 Å². The van der Waals surface area contributed by atoms with Crippen LogP contribution < -0.4 is 10.5 Å². The summed E-state index contributed by atoms with van der Waals surface area (Å²) in [4.78, 5) is 11.9. The molecule has 1 aliphatic rings. The van der Waals surface area contributed by atoms with Gasteiger partial charge in [-0.15, -0.1) is 0 Å². The van der Waals surface area contributed by atoms with Crippen molar-refractivity contribution in [3.05, 3.63) is 27.7 Å². The van der Waals surface area contributed by atoms with Crippen LogP contribution in [0.25, 0.3) is 0 Å². The molecule has 0 aliphatic carbocycles. The first-order valence-corrected chi connectivity index (χ1v) is 5.78. The van der Waals surface area contributed by atoms with Crippen molar-refractivity contribution in [3.8, 4) is 5.75 Å². The lowest BCUT2D eigenvalue weighted by Crippen LogP contribution is -2.17. The number of fused-ring (bicyclic) bond motifs is 1. The van der Waals surface area contributed by atoms with E-state index in [-0.39, 0.29) is 12.6 Å². The predicted molar refractivity (Wildman–Crippen MR) is 62.4 cm³/mol. The Hall–Kier alpha value is -0.910. The van der Waals surface area contributed by atoms with Gasteiger partial charge in [0.25, 0.3) is 0 Å². The number of carbonyl (C=O) groups is 1. The van der Waals surface area contributed by atoms with Crippen LogP contribution in [0.3, 0.4) is 0 Å². The normalized spacial score (nSPS) is 14.1. The molecule has 5 heteroatoms. The van der Waals surface area contributed by atoms with Crippen molar-refractivity contribution in [2.45, 2.75) is 13.0 Å². The fourth-order valence-electron chi connectivity index (χ4n) is 1.69. The number of ether oxygens (including phenoxy) is 2. The number of Topliss-reactive ketones (excluding diaryl/α,β-unsaturated/α-hetero) is 1. The second-order valence-corrected chi connectivity index (χ2v) is 4.33. The molecule has 0 radical (unpaired) electrons. The first-order valence-electron chi connectivity index (χ1n) is 4.99. The Morgan fingerprint density at radius 3 is 3.06 bits per heavy atom. The molecular weight excluding hydrogens is 274 g/mol. The summed E-state index contributed by atoms with van der Waals surface area (Å²) in [6.45, 7) is 0.982. The highest BCUT2D eigenvalue weighted by Gasteiger charge is 2.21. The molecule has 0 amide bonds. The van der Waals surface area contributed by atoms with Crippen molar-refractivity contribution in [2.75, 3.05) is 13.3 Å². The summed E-state index contributed by atoms with van der Waals surface area (Å²) in [6.07, 6.45) is 0.328. The molecule has 2 N–H and O–H groups in total. The van der Waals surface area contributed by atoms with Crippen molar-refractivity contribution < 1.29 is 14.3 Å². The number of halogens is 1. The summed E-state index contributed by atoms with van der Waals surface area (Å²) in [6, 6.07) is 3.65. The van der Waals surface area contributed by atoms with Gasteiger partial charge >= 0.3 is 0 Å². The minimum absolute atomic E-state index is 0.0142. The van der Waals surface area contributed by atoms with Gasteiger partial charge in [-0.1, -0.05) is 15.9 Å². The van der Waals surface area contributed by atoms with Crippen molar-refractivity contribution in [1.82, 2.24) is 0 Å². The second kappa shape index (κ2) is 4.95. The third-order valence-electron chi connectivity index (χ3n) is 2.41. The molecule has 0 aromatic heterocycles. The summed E-state index contributed by atoms with van der Waals surface area (Å²) >= 11 is 3.37. The molecule has 1 aromatic carbocycles. The van der Waals surface area contributed by atoms with E-state index in [0.717, 1.165) is 15.8 Å². The molecule has 0 fully saturated rings. The zero-order chi connectivity index (χ0) is 11.5. The molecule has 86 valence electrons. The van der Waals surface area contributed by atoms with E-state index in [9.17, 15) is 4.79 Å². The van der Waals surface area contributed by atoms with Gasteiger partial charge in [0.2, 0.25) is 0 Å². The van der Waals surface area contributed by atoms with Crippen molar-refractivity contribution in [1.29, 1.82) is 0 Å². The minimum Gasteiger partial charge on any atom is -0.467 e. The smallest absolute Gasteiger partial charge is 0.189 e. The molecule has 2 rings (SSSR count). The van der Waals surface area contributed by atoms with E-state index in [0.29, 0.717) is 25.1 Å². The number of hydrogen-bond acceptors (Lipinski definition) is 4. The molecule has 1 aromatic rings. The van der Waals surface area contributed by atoms with E-state index in [1.165, 1.54) is 0 Å². The summed E-state index contributed by atoms with van der Waals surface area (Å²) in [7, 11) is 0. The fourth-order valence-corrected chi connectivity index (χ4v) is 2.28. The molecule has 1 aliphatic heterocycles. The number of benzene rings is 1. The number of rotatable bonds is 3. The number of nitrogens with two attached hydrogens (primary N) is 1. The first-order chi connectivity index (χ1) is 7.74. The average Bonchev–Trinajstić information content (AvgIpc) is 2.29. The first kappa shape index (κ1) is 11.6. The topological polar surface area (TPSA) is 61.6 Å². The number of ketones is 1. The van der Waals surface area contributed by atoms with Crippen LogP contribution in [-0.2, 0) is 11.3 Å². The van der Waals surface area contributed by atoms with Crippen LogP contribution >= 0.6 is 15.9 Å². The molecule has 4 nitrogen and oxygen atoms in total. The van der Waals surface area contributed by atoms with Gasteiger partial charge in [-0.25, -0.2) is 0 Å². The fraction of sp³-hybridized carbons (Fsp3) is 0.364. The summed E-state index contributed by atoms with van der Waals surface area (Å²) in [5, 5.41) is 0. The maximum absolute atomic E-state index is 11.9. The molecule has 0 spiro atoms. The van der Waals surface area contributed by atoms with Crippen molar-refractivity contribution >= 4 is 21.7 Å². The van der Waals surface area contributed by atoms with Gasteiger partial charge in [-0.2, -0.15) is 0 Å². The van der Waals surface area contributed by atoms with E-state index < -0.39 is 0 Å². The Balaban J connectivity index is 2.45. The van der Waals surface area contributed by atoms with E-state index >= 15 is 0 Å². The Kier molecular flexibility index (Phi) is 3.58. The quantitative estimate of drug-likeness (QED) is 0.861. The van der Waals surface area contributed by atoms with Crippen LogP contribution in [0.1, 0.15) is 22.3 Å². The second-order valence-electron chi connectivity index (χ2n) is 3.47. The lowest BCUT2D eigenvalue weighted by Gasteiger charge is -2.20. The number of hydrogen-bond donors (Lipinski definition) is 1. The Bertz CT molecular complexity index is 420. The standard InChI is InChI=1S/C11H12BrNO3/c12-8-1-2-10-7(5-15-6-16-10)11(8)9(14)3-4-13/h1-2H,3-6,13H2. The van der Waals surface area contributed by atoms with Crippen LogP contribution in [0, 0.1) is 0 Å². The molecule has 16 heavy (non-hydrogen) atoms. The van der Waals surface area contributed by atoms with Crippen LogP contribution in [-0.4, -0.2) is 19.1 Å². The lowest BCUT2D eigenvalue weighted by molar-refractivity contribution is -0.0167. The SMILES string of the molecule is NCCC(=O)c1c(Br)ccc2c1COCO2. The lowest BCUT2D eigenvalue weighted by atomic mass is 10.0. The summed E-state index contributed by atoms with van der Waals surface area (Å²) in [5.41, 5.74) is 6.83. The molecule has 0 saturated heterocycles. The Morgan fingerprint density at radius 2 is 2.31 bits per heavy atom. The predicted octanol–water partition coefficient (Wildman–Crippen LogP) is 1.85. The highest BCUT2D eigenvalue weighted by Crippen LogP contribution is 2.32. The van der Waals surface area contributed by atoms with E-state index in [1.54, 1.807) is 0 Å². The maximum Gasteiger partial charge on any atom is 0.189 e. The molecule has 0 atom stereocenters. The van der Waals surface area contributed by atoms with Crippen LogP contribution in [0.4, 0.5) is 0 Å². The van der Waals surface area contributed by atoms with E-state index in [1.807, 2.05) is 12.1 Å². The van der Waals surface area contributed by atoms with E-state index in [2.05, 4.69) is 15.9 Å². The zero-order valence-electron chi connectivity index (χ0n) is 8.66. The van der Waals surface area contributed by atoms with Gasteiger partial charge in [-0.05, 0) is 18.7 Å². The van der Waals surface area contributed by atoms with Crippen molar-refractivity contribution in [2.24, 2.45) is 5.73 Å². The Morgan fingerprint density at radius 1 is 1.50 bits per heavy atom. The van der Waals surface area contributed by atoms with Crippen LogP contribution in [0.2, 0.25) is 0 Å². The summed E-state index contributed by atoms with van der Waals surface area (Å²) in [5.74, 6) is 0.732. The maximum atomic E-state index is 11.9. The number of carbonyl (C=O) groups excluding carboxylic acids is 1. The van der Waals surface area contributed by atoms with Gasteiger partial charge in [0.15, 0.2) is 12.6 Å². The van der Waals surface area contributed by atoms with Gasteiger partial charge in [0.05, 0.1) is 6.61 Å². The Labute approximate surface area is 102 Å². The molecule has 0 saturated carbocycles. The third kappa shape index (κ3) is 2.11. The molecule has 0 unspecified atom stereocenters. The van der Waals surface area contributed by atoms with Crippen LogP contribution in [0.15, 0.2) is 16.6 Å². The minimum atomic E-state index is 0.0142. The van der Waals surface area contributed by atoms with Gasteiger partial charge in [0.1, 0.15) is 5.75 Å². The average molecular weight is 286 g/mol. The highest BCUT2D eigenvalue weighted by molar-refractivity contribution is 9.10. The monoisotopic (exact) mass is 285 g/mol. The zero-order valence-corrected chi connectivity index (χ0v) is 10.2. The van der Waals surface area contributed by atoms with E-state index in [4.69, 9.17) is 15.2 Å². The van der Waals surface area contributed by atoms with Crippen LogP contribution in [0.5, 0.6) is 5.75 Å². The van der Waals surface area contributed by atoms with Gasteiger partial charge in [0, 0.05) is 22.0 Å². The largest absolute Gasteiger partial charge is 0.467 e. The third-order valence-corrected chi connectivity index (χ3v) is 3.07. The van der Waals surface area contributed by atoms with Gasteiger partial charge < -0.3 is 15.2 Å². The molecule has 0 bridgehead atoms. The van der Waals surface area contributed by atoms with Gasteiger partial charge in [-0.3, -0.25) is 4.79 Å². The molecule has 1 heterocycles. The summed E-state index contributed by atoms with van der Waals surface area (Å²) < 4.78 is 11.3.